The van der Waals surface area contributed by atoms with Crippen LogP contribution in [0.1, 0.15) is 44.2 Å². The van der Waals surface area contributed by atoms with Crippen molar-refractivity contribution in [1.82, 2.24) is 24.1 Å². The van der Waals surface area contributed by atoms with Gasteiger partial charge in [0.05, 0.1) is 34.3 Å². The second-order valence-corrected chi connectivity index (χ2v) is 8.58. The van der Waals surface area contributed by atoms with Crippen LogP contribution in [0.5, 0.6) is 0 Å². The molecule has 1 aromatic carbocycles. The third-order valence-corrected chi connectivity index (χ3v) is 6.22. The van der Waals surface area contributed by atoms with Crippen molar-refractivity contribution in [2.75, 3.05) is 13.7 Å². The Balaban J connectivity index is 1.86. The molecule has 1 atom stereocenters. The fraction of sp³-hybridized carbons (Fsp3) is 0.381. The molecule has 5 rings (SSSR count). The summed E-state index contributed by atoms with van der Waals surface area (Å²) in [6.45, 7) is 4.19. The van der Waals surface area contributed by atoms with Crippen LogP contribution in [-0.2, 0) is 10.2 Å². The van der Waals surface area contributed by atoms with Crippen molar-refractivity contribution >= 4 is 28.2 Å². The number of nitrogens with zero attached hydrogens (tertiary/aromatic N) is 6. The Kier molecular flexibility index (Phi) is 4.39. The van der Waals surface area contributed by atoms with Crippen LogP contribution < -0.4 is 5.56 Å². The third-order valence-electron chi connectivity index (χ3n) is 5.91. The summed E-state index contributed by atoms with van der Waals surface area (Å²) in [4.78, 5) is 22.7. The molecule has 158 valence electrons. The van der Waals surface area contributed by atoms with E-state index in [1.807, 2.05) is 6.92 Å². The summed E-state index contributed by atoms with van der Waals surface area (Å²) in [7, 11) is 1.56. The molecule has 31 heavy (non-hydrogen) atoms. The van der Waals surface area contributed by atoms with Crippen LogP contribution in [0.2, 0.25) is 5.02 Å². The quantitative estimate of drug-likeness (QED) is 0.468. The first-order valence-electron chi connectivity index (χ1n) is 9.87. The predicted molar refractivity (Wildman–Crippen MR) is 113 cm³/mol. The molecule has 1 unspecified atom stereocenters. The fourth-order valence-electron chi connectivity index (χ4n) is 3.92. The van der Waals surface area contributed by atoms with E-state index in [0.29, 0.717) is 28.1 Å². The van der Waals surface area contributed by atoms with Gasteiger partial charge in [0, 0.05) is 12.5 Å². The molecule has 0 saturated heterocycles. The van der Waals surface area contributed by atoms with Gasteiger partial charge in [0.2, 0.25) is 11.7 Å². The summed E-state index contributed by atoms with van der Waals surface area (Å²) in [6, 6.07) is 5.17. The summed E-state index contributed by atoms with van der Waals surface area (Å²) in [5.74, 6) is 0.818. The fourth-order valence-corrected chi connectivity index (χ4v) is 4.11. The molecule has 0 radical (unpaired) electrons. The standard InChI is InChI=1S/C21H19ClN6O3/c1-11(9-30-3)28-16-12(8-23)13(22)4-5-14(16)27-10-24-15(17(27)19(28)29)18-25-20(31-26-18)21(2)6-7-21/h4-5,10-11H,6-7,9H2,1-3H3. The number of halogens is 1. The number of fused-ring (bicyclic) bond motifs is 3. The van der Waals surface area contributed by atoms with Gasteiger partial charge in [-0.2, -0.15) is 10.2 Å². The highest BCUT2D eigenvalue weighted by Gasteiger charge is 2.44. The lowest BCUT2D eigenvalue weighted by Gasteiger charge is -2.19. The van der Waals surface area contributed by atoms with Crippen LogP contribution in [0.25, 0.3) is 28.1 Å². The molecule has 0 aliphatic heterocycles. The molecule has 10 heteroatoms. The molecule has 3 aromatic heterocycles. The van der Waals surface area contributed by atoms with Gasteiger partial charge in [0.25, 0.3) is 5.56 Å². The van der Waals surface area contributed by atoms with E-state index >= 15 is 0 Å². The number of ether oxygens (including phenoxy) is 1. The van der Waals surface area contributed by atoms with Gasteiger partial charge in [0.1, 0.15) is 23.6 Å². The zero-order valence-electron chi connectivity index (χ0n) is 17.2. The molecular formula is C21H19ClN6O3. The predicted octanol–water partition coefficient (Wildman–Crippen LogP) is 3.48. The summed E-state index contributed by atoms with van der Waals surface area (Å²) in [5, 5.41) is 14.1. The first kappa shape index (κ1) is 19.7. The number of rotatable bonds is 5. The Morgan fingerprint density at radius 3 is 2.84 bits per heavy atom. The smallest absolute Gasteiger partial charge is 0.278 e. The summed E-state index contributed by atoms with van der Waals surface area (Å²) >= 11 is 6.29. The van der Waals surface area contributed by atoms with Crippen LogP contribution >= 0.6 is 11.6 Å². The number of hydrogen-bond acceptors (Lipinski definition) is 7. The van der Waals surface area contributed by atoms with Crippen LogP contribution in [0.15, 0.2) is 27.8 Å². The zero-order chi connectivity index (χ0) is 21.9. The van der Waals surface area contributed by atoms with Crippen molar-refractivity contribution in [2.24, 2.45) is 0 Å². The van der Waals surface area contributed by atoms with Gasteiger partial charge in [-0.3, -0.25) is 13.8 Å². The maximum absolute atomic E-state index is 13.7. The summed E-state index contributed by atoms with van der Waals surface area (Å²) in [6.07, 6.45) is 3.51. The highest BCUT2D eigenvalue weighted by atomic mass is 35.5. The number of hydrogen-bond donors (Lipinski definition) is 0. The summed E-state index contributed by atoms with van der Waals surface area (Å²) < 4.78 is 13.9. The van der Waals surface area contributed by atoms with Gasteiger partial charge < -0.3 is 9.26 Å². The average Bonchev–Trinajstić information content (AvgIpc) is 3.16. The average molecular weight is 439 g/mol. The SMILES string of the molecule is COCC(C)n1c(=O)c2c(-c3noc(C4(C)CC4)n3)ncn2c2ccc(Cl)c(C#N)c21. The van der Waals surface area contributed by atoms with E-state index in [-0.39, 0.29) is 40.0 Å². The second kappa shape index (κ2) is 6.90. The Hall–Kier alpha value is -3.22. The molecule has 1 saturated carbocycles. The van der Waals surface area contributed by atoms with Crippen LogP contribution in [-0.4, -0.2) is 37.8 Å². The lowest BCUT2D eigenvalue weighted by Crippen LogP contribution is -2.28. The van der Waals surface area contributed by atoms with Gasteiger partial charge >= 0.3 is 0 Å². The lowest BCUT2D eigenvalue weighted by atomic mass is 10.1. The molecular weight excluding hydrogens is 420 g/mol. The molecule has 1 aliphatic carbocycles. The van der Waals surface area contributed by atoms with E-state index in [0.717, 1.165) is 12.8 Å². The molecule has 1 fully saturated rings. The first-order chi connectivity index (χ1) is 14.9. The number of aromatic nitrogens is 5. The van der Waals surface area contributed by atoms with E-state index in [1.54, 1.807) is 23.6 Å². The third kappa shape index (κ3) is 2.86. The molecule has 4 aromatic rings. The largest absolute Gasteiger partial charge is 0.383 e. The van der Waals surface area contributed by atoms with E-state index in [1.165, 1.54) is 10.9 Å². The van der Waals surface area contributed by atoms with Crippen LogP contribution in [0.4, 0.5) is 0 Å². The molecule has 0 N–H and O–H groups in total. The topological polar surface area (TPSA) is 111 Å². The minimum absolute atomic E-state index is 0.0981. The van der Waals surface area contributed by atoms with Crippen molar-refractivity contribution in [3.05, 3.63) is 45.3 Å². The molecule has 9 nitrogen and oxygen atoms in total. The van der Waals surface area contributed by atoms with Gasteiger partial charge in [0.15, 0.2) is 0 Å². The van der Waals surface area contributed by atoms with Crippen molar-refractivity contribution in [3.8, 4) is 17.6 Å². The molecule has 3 heterocycles. The number of nitriles is 1. The Labute approximate surface area is 181 Å². The van der Waals surface area contributed by atoms with E-state index < -0.39 is 0 Å². The minimum atomic E-state index is -0.357. The highest BCUT2D eigenvalue weighted by molar-refractivity contribution is 6.32. The maximum Gasteiger partial charge on any atom is 0.278 e. The molecule has 0 spiro atoms. The molecule has 0 bridgehead atoms. The normalized spacial score (nSPS) is 16.0. The summed E-state index contributed by atoms with van der Waals surface area (Å²) in [5.41, 5.74) is 1.47. The Morgan fingerprint density at radius 1 is 1.39 bits per heavy atom. The van der Waals surface area contributed by atoms with E-state index in [4.69, 9.17) is 20.9 Å². The van der Waals surface area contributed by atoms with Crippen molar-refractivity contribution in [3.63, 3.8) is 0 Å². The van der Waals surface area contributed by atoms with Crippen molar-refractivity contribution in [2.45, 2.75) is 38.1 Å². The zero-order valence-corrected chi connectivity index (χ0v) is 18.0. The van der Waals surface area contributed by atoms with Crippen LogP contribution in [0.3, 0.4) is 0 Å². The Morgan fingerprint density at radius 2 is 2.16 bits per heavy atom. The van der Waals surface area contributed by atoms with Crippen molar-refractivity contribution < 1.29 is 9.26 Å². The number of methoxy groups -OCH3 is 1. The van der Waals surface area contributed by atoms with Gasteiger partial charge in [-0.05, 0) is 31.9 Å². The van der Waals surface area contributed by atoms with E-state index in [2.05, 4.69) is 28.1 Å². The highest BCUT2D eigenvalue weighted by Crippen LogP contribution is 2.47. The van der Waals surface area contributed by atoms with Gasteiger partial charge in [-0.15, -0.1) is 0 Å². The van der Waals surface area contributed by atoms with Gasteiger partial charge in [-0.1, -0.05) is 23.7 Å². The lowest BCUT2D eigenvalue weighted by molar-refractivity contribution is 0.162. The van der Waals surface area contributed by atoms with Crippen molar-refractivity contribution in [1.29, 1.82) is 5.26 Å². The number of benzene rings is 1. The van der Waals surface area contributed by atoms with Gasteiger partial charge in [-0.25, -0.2) is 4.98 Å². The molecule has 1 aliphatic rings. The number of imidazole rings is 1. The Bertz CT molecular complexity index is 1440. The first-order valence-corrected chi connectivity index (χ1v) is 10.2. The van der Waals surface area contributed by atoms with Crippen LogP contribution in [0, 0.1) is 11.3 Å². The van der Waals surface area contributed by atoms with E-state index in [9.17, 15) is 10.1 Å². The minimum Gasteiger partial charge on any atom is -0.383 e. The second-order valence-electron chi connectivity index (χ2n) is 8.18. The monoisotopic (exact) mass is 438 g/mol. The maximum atomic E-state index is 13.7. The molecule has 0 amide bonds.